The van der Waals surface area contributed by atoms with Crippen LogP contribution in [0.4, 0.5) is 10.6 Å². The van der Waals surface area contributed by atoms with Crippen molar-refractivity contribution in [1.29, 1.82) is 5.26 Å². The molecule has 102 valence electrons. The zero-order chi connectivity index (χ0) is 14.5. The molecule has 0 unspecified atom stereocenters. The number of aromatic amines is 1. The number of carbonyl (C=O) groups excluding carboxylic acids is 1. The van der Waals surface area contributed by atoms with E-state index in [0.29, 0.717) is 11.4 Å². The second kappa shape index (κ2) is 5.93. The average Bonchev–Trinajstić information content (AvgIpc) is 2.76. The predicted molar refractivity (Wildman–Crippen MR) is 76.3 cm³/mol. The maximum Gasteiger partial charge on any atom is 0.412 e. The molecule has 5 nitrogen and oxygen atoms in total. The summed E-state index contributed by atoms with van der Waals surface area (Å²) in [5, 5.41) is 11.8. The summed E-state index contributed by atoms with van der Waals surface area (Å²) in [6, 6.07) is 11.7. The van der Waals surface area contributed by atoms with Gasteiger partial charge in [0.15, 0.2) is 0 Å². The zero-order valence-corrected chi connectivity index (χ0v) is 11.4. The Bertz CT molecular complexity index is 654. The number of hydrogen-bond acceptors (Lipinski definition) is 3. The lowest BCUT2D eigenvalue weighted by Gasteiger charge is -2.03. The number of carbonyl (C=O) groups is 1. The molecule has 1 aromatic carbocycles. The van der Waals surface area contributed by atoms with Gasteiger partial charge >= 0.3 is 6.09 Å². The van der Waals surface area contributed by atoms with Crippen molar-refractivity contribution in [3.05, 3.63) is 41.5 Å². The molecule has 0 spiro atoms. The number of ether oxygens (including phenoxy) is 1. The van der Waals surface area contributed by atoms with E-state index in [1.54, 1.807) is 6.92 Å². The first-order valence-electron chi connectivity index (χ1n) is 6.29. The Labute approximate surface area is 117 Å². The summed E-state index contributed by atoms with van der Waals surface area (Å²) >= 11 is 0. The first-order chi connectivity index (χ1) is 9.67. The fraction of sp³-hybridized carbons (Fsp3) is 0.200. The third-order valence-corrected chi connectivity index (χ3v) is 2.93. The lowest BCUT2D eigenvalue weighted by atomic mass is 10.1. The van der Waals surface area contributed by atoms with Gasteiger partial charge in [-0.25, -0.2) is 4.79 Å². The Morgan fingerprint density at radius 3 is 2.70 bits per heavy atom. The van der Waals surface area contributed by atoms with Gasteiger partial charge in [-0.05, 0) is 25.0 Å². The van der Waals surface area contributed by atoms with Gasteiger partial charge in [0.25, 0.3) is 0 Å². The second-order valence-electron chi connectivity index (χ2n) is 4.20. The summed E-state index contributed by atoms with van der Waals surface area (Å²) in [5.74, 6) is 0.363. The number of amides is 1. The van der Waals surface area contributed by atoms with Gasteiger partial charge in [0.1, 0.15) is 11.9 Å². The van der Waals surface area contributed by atoms with Gasteiger partial charge in [-0.3, -0.25) is 5.32 Å². The van der Waals surface area contributed by atoms with Crippen molar-refractivity contribution in [3.63, 3.8) is 0 Å². The lowest BCUT2D eigenvalue weighted by molar-refractivity contribution is 0.168. The number of anilines is 1. The van der Waals surface area contributed by atoms with E-state index in [4.69, 9.17) is 4.74 Å². The van der Waals surface area contributed by atoms with Gasteiger partial charge in [-0.2, -0.15) is 5.26 Å². The fourth-order valence-electron chi connectivity index (χ4n) is 1.99. The SMILES string of the molecule is CCOC(=O)Nc1[nH]c(-c2ccccc2)c(C)c1C#N. The molecule has 0 radical (unpaired) electrons. The van der Waals surface area contributed by atoms with Crippen LogP contribution in [0.2, 0.25) is 0 Å². The van der Waals surface area contributed by atoms with Crippen LogP contribution in [0.15, 0.2) is 30.3 Å². The van der Waals surface area contributed by atoms with Crippen molar-refractivity contribution in [1.82, 2.24) is 4.98 Å². The number of benzene rings is 1. The number of hydrogen-bond donors (Lipinski definition) is 2. The molecule has 2 N–H and O–H groups in total. The number of rotatable bonds is 3. The van der Waals surface area contributed by atoms with Gasteiger partial charge in [0.2, 0.25) is 0 Å². The van der Waals surface area contributed by atoms with E-state index < -0.39 is 6.09 Å². The maximum atomic E-state index is 11.5. The highest BCUT2D eigenvalue weighted by atomic mass is 16.5. The minimum Gasteiger partial charge on any atom is -0.450 e. The highest BCUT2D eigenvalue weighted by Crippen LogP contribution is 2.29. The smallest absolute Gasteiger partial charge is 0.412 e. The highest BCUT2D eigenvalue weighted by molar-refractivity contribution is 5.87. The van der Waals surface area contributed by atoms with Crippen LogP contribution in [-0.2, 0) is 4.74 Å². The summed E-state index contributed by atoms with van der Waals surface area (Å²) < 4.78 is 4.82. The van der Waals surface area contributed by atoms with E-state index in [-0.39, 0.29) is 6.61 Å². The van der Waals surface area contributed by atoms with Crippen LogP contribution in [0.3, 0.4) is 0 Å². The van der Waals surface area contributed by atoms with Crippen LogP contribution in [-0.4, -0.2) is 17.7 Å². The Morgan fingerprint density at radius 1 is 1.40 bits per heavy atom. The Balaban J connectivity index is 2.40. The number of aromatic nitrogens is 1. The summed E-state index contributed by atoms with van der Waals surface area (Å²) in [4.78, 5) is 14.5. The van der Waals surface area contributed by atoms with Crippen molar-refractivity contribution in [2.45, 2.75) is 13.8 Å². The summed E-state index contributed by atoms with van der Waals surface area (Å²) in [7, 11) is 0. The van der Waals surface area contributed by atoms with Crippen LogP contribution in [0.1, 0.15) is 18.1 Å². The quantitative estimate of drug-likeness (QED) is 0.896. The van der Waals surface area contributed by atoms with Gasteiger partial charge in [0.05, 0.1) is 17.9 Å². The molecule has 0 aliphatic carbocycles. The Kier molecular flexibility index (Phi) is 4.06. The molecule has 2 aromatic rings. The Morgan fingerprint density at radius 2 is 2.10 bits per heavy atom. The summed E-state index contributed by atoms with van der Waals surface area (Å²) in [5.41, 5.74) is 2.98. The number of nitrogens with one attached hydrogen (secondary N) is 2. The van der Waals surface area contributed by atoms with E-state index in [0.717, 1.165) is 16.8 Å². The van der Waals surface area contributed by atoms with Crippen LogP contribution in [0, 0.1) is 18.3 Å². The van der Waals surface area contributed by atoms with E-state index >= 15 is 0 Å². The van der Waals surface area contributed by atoms with E-state index in [2.05, 4.69) is 16.4 Å². The molecule has 0 atom stereocenters. The van der Waals surface area contributed by atoms with Crippen molar-refractivity contribution >= 4 is 11.9 Å². The van der Waals surface area contributed by atoms with E-state index in [1.165, 1.54) is 0 Å². The minimum atomic E-state index is -0.579. The summed E-state index contributed by atoms with van der Waals surface area (Å²) in [6.07, 6.45) is -0.579. The first-order valence-corrected chi connectivity index (χ1v) is 6.29. The maximum absolute atomic E-state index is 11.5. The summed E-state index contributed by atoms with van der Waals surface area (Å²) in [6.45, 7) is 3.84. The standard InChI is InChI=1S/C15H15N3O2/c1-3-20-15(19)18-14-12(9-16)10(2)13(17-14)11-7-5-4-6-8-11/h4-8,17H,3H2,1-2H3,(H,18,19). The molecule has 1 amide bonds. The number of nitriles is 1. The monoisotopic (exact) mass is 269 g/mol. The van der Waals surface area contributed by atoms with Crippen molar-refractivity contribution in [2.75, 3.05) is 11.9 Å². The molecule has 20 heavy (non-hydrogen) atoms. The molecule has 0 aliphatic rings. The molecule has 0 aliphatic heterocycles. The average molecular weight is 269 g/mol. The van der Waals surface area contributed by atoms with Crippen molar-refractivity contribution in [3.8, 4) is 17.3 Å². The molecule has 1 aromatic heterocycles. The number of H-pyrrole nitrogens is 1. The number of nitrogens with zero attached hydrogens (tertiary/aromatic N) is 1. The van der Waals surface area contributed by atoms with Gasteiger partial charge < -0.3 is 9.72 Å². The van der Waals surface area contributed by atoms with Crippen LogP contribution in [0.5, 0.6) is 0 Å². The van der Waals surface area contributed by atoms with Crippen molar-refractivity contribution in [2.24, 2.45) is 0 Å². The molecule has 5 heteroatoms. The van der Waals surface area contributed by atoms with Crippen molar-refractivity contribution < 1.29 is 9.53 Å². The molecule has 0 bridgehead atoms. The van der Waals surface area contributed by atoms with Crippen LogP contribution < -0.4 is 5.32 Å². The van der Waals surface area contributed by atoms with Gasteiger partial charge in [-0.15, -0.1) is 0 Å². The Hall–Kier alpha value is -2.74. The third-order valence-electron chi connectivity index (χ3n) is 2.93. The predicted octanol–water partition coefficient (Wildman–Crippen LogP) is 3.43. The van der Waals surface area contributed by atoms with Gasteiger partial charge in [-0.1, -0.05) is 30.3 Å². The van der Waals surface area contributed by atoms with E-state index in [9.17, 15) is 10.1 Å². The second-order valence-corrected chi connectivity index (χ2v) is 4.20. The van der Waals surface area contributed by atoms with Crippen LogP contribution >= 0.6 is 0 Å². The lowest BCUT2D eigenvalue weighted by Crippen LogP contribution is -2.14. The topological polar surface area (TPSA) is 77.9 Å². The molecule has 0 saturated heterocycles. The molecule has 0 fully saturated rings. The third kappa shape index (κ3) is 2.64. The fourth-order valence-corrected chi connectivity index (χ4v) is 1.99. The van der Waals surface area contributed by atoms with Crippen LogP contribution in [0.25, 0.3) is 11.3 Å². The molecule has 1 heterocycles. The highest BCUT2D eigenvalue weighted by Gasteiger charge is 2.17. The first kappa shape index (κ1) is 13.7. The molecule has 0 saturated carbocycles. The zero-order valence-electron chi connectivity index (χ0n) is 11.4. The normalized spacial score (nSPS) is 9.85. The molecular weight excluding hydrogens is 254 g/mol. The van der Waals surface area contributed by atoms with Gasteiger partial charge in [0, 0.05) is 0 Å². The van der Waals surface area contributed by atoms with E-state index in [1.807, 2.05) is 37.3 Å². The largest absolute Gasteiger partial charge is 0.450 e. The molecular formula is C15H15N3O2. The molecule has 2 rings (SSSR count). The minimum absolute atomic E-state index is 0.277.